The van der Waals surface area contributed by atoms with Crippen LogP contribution in [0, 0.1) is 5.82 Å². The predicted molar refractivity (Wildman–Crippen MR) is 89.9 cm³/mol. The highest BCUT2D eigenvalue weighted by Gasteiger charge is 2.20. The number of halogens is 1. The van der Waals surface area contributed by atoms with Crippen LogP contribution in [0.2, 0.25) is 0 Å². The van der Waals surface area contributed by atoms with Gasteiger partial charge in [0.2, 0.25) is 0 Å². The lowest BCUT2D eigenvalue weighted by molar-refractivity contribution is 0.628. The molecule has 24 heavy (non-hydrogen) atoms. The van der Waals surface area contributed by atoms with Gasteiger partial charge in [0.05, 0.1) is 5.39 Å². The van der Waals surface area contributed by atoms with Crippen LogP contribution in [0.4, 0.5) is 10.2 Å². The molecule has 1 aromatic carbocycles. The molecule has 124 valence electrons. The summed E-state index contributed by atoms with van der Waals surface area (Å²) in [7, 11) is 2.89. The Morgan fingerprint density at radius 3 is 2.33 bits per heavy atom. The number of pyridine rings is 1. The number of nitrogens with zero attached hydrogens (tertiary/aromatic N) is 3. The molecule has 0 spiro atoms. The van der Waals surface area contributed by atoms with Gasteiger partial charge in [-0.15, -0.1) is 0 Å². The summed E-state index contributed by atoms with van der Waals surface area (Å²) in [5.74, 6) is -0.271. The first kappa shape index (κ1) is 15.9. The Bertz CT molecular complexity index is 1070. The first-order valence-electron chi connectivity index (χ1n) is 7.21. The summed E-state index contributed by atoms with van der Waals surface area (Å²) in [5.41, 5.74) is 12.4. The molecule has 0 unspecified atom stereocenters. The number of nitrogen functional groups attached to an aromatic ring is 1. The van der Waals surface area contributed by atoms with Gasteiger partial charge in [-0.3, -0.25) is 13.9 Å². The van der Waals surface area contributed by atoms with Crippen molar-refractivity contribution in [3.05, 3.63) is 56.5 Å². The molecule has 0 saturated heterocycles. The van der Waals surface area contributed by atoms with Gasteiger partial charge in [-0.1, -0.05) is 12.1 Å². The second-order valence-corrected chi connectivity index (χ2v) is 5.47. The molecular formula is C16H16FN5O2. The highest BCUT2D eigenvalue weighted by molar-refractivity contribution is 5.96. The highest BCUT2D eigenvalue weighted by Crippen LogP contribution is 2.31. The number of anilines is 1. The number of benzene rings is 1. The smallest absolute Gasteiger partial charge is 0.332 e. The molecule has 0 radical (unpaired) electrons. The zero-order valence-electron chi connectivity index (χ0n) is 13.2. The van der Waals surface area contributed by atoms with Crippen LogP contribution >= 0.6 is 0 Å². The Balaban J connectivity index is 2.61. The monoisotopic (exact) mass is 329 g/mol. The third kappa shape index (κ3) is 2.19. The molecule has 0 saturated carbocycles. The van der Waals surface area contributed by atoms with E-state index < -0.39 is 17.1 Å². The summed E-state index contributed by atoms with van der Waals surface area (Å²) >= 11 is 0. The summed E-state index contributed by atoms with van der Waals surface area (Å²) < 4.78 is 15.5. The summed E-state index contributed by atoms with van der Waals surface area (Å²) in [4.78, 5) is 29.0. The fourth-order valence-electron chi connectivity index (χ4n) is 2.79. The first-order valence-corrected chi connectivity index (χ1v) is 7.21. The standard InChI is InChI=1S/C16H16FN5O2/c1-21-14-12(15(23)22(2)16(21)24)11(10(7-18)13(19)20-14)8-3-5-9(17)6-4-8/h3-6H,7,18H2,1-2H3,(H2,19,20). The number of nitrogens with two attached hydrogens (primary N) is 2. The fraction of sp³-hybridized carbons (Fsp3) is 0.188. The molecular weight excluding hydrogens is 313 g/mol. The minimum Gasteiger partial charge on any atom is -0.383 e. The lowest BCUT2D eigenvalue weighted by Gasteiger charge is -2.16. The second-order valence-electron chi connectivity index (χ2n) is 5.47. The summed E-state index contributed by atoms with van der Waals surface area (Å²) in [6.07, 6.45) is 0. The van der Waals surface area contributed by atoms with E-state index >= 15 is 0 Å². The van der Waals surface area contributed by atoms with Gasteiger partial charge in [0.1, 0.15) is 11.6 Å². The minimum atomic E-state index is -0.509. The predicted octanol–water partition coefficient (Wildman–Crippen LogP) is 0.479. The minimum absolute atomic E-state index is 0.0491. The van der Waals surface area contributed by atoms with Crippen molar-refractivity contribution in [2.75, 3.05) is 5.73 Å². The molecule has 0 bridgehead atoms. The molecule has 0 aliphatic rings. The van der Waals surface area contributed by atoms with Crippen LogP contribution < -0.4 is 22.7 Å². The number of hydrogen-bond acceptors (Lipinski definition) is 5. The van der Waals surface area contributed by atoms with Crippen molar-refractivity contribution in [2.45, 2.75) is 6.54 Å². The third-order valence-electron chi connectivity index (χ3n) is 4.06. The van der Waals surface area contributed by atoms with Crippen LogP contribution in [0.3, 0.4) is 0 Å². The van der Waals surface area contributed by atoms with Crippen molar-refractivity contribution in [2.24, 2.45) is 19.8 Å². The van der Waals surface area contributed by atoms with Gasteiger partial charge in [-0.05, 0) is 17.7 Å². The van der Waals surface area contributed by atoms with E-state index in [1.807, 2.05) is 0 Å². The molecule has 0 fully saturated rings. The molecule has 0 amide bonds. The molecule has 7 nitrogen and oxygen atoms in total. The van der Waals surface area contributed by atoms with Gasteiger partial charge in [0.25, 0.3) is 5.56 Å². The van der Waals surface area contributed by atoms with E-state index in [2.05, 4.69) is 4.98 Å². The normalized spacial score (nSPS) is 11.2. The van der Waals surface area contributed by atoms with E-state index in [0.29, 0.717) is 16.7 Å². The summed E-state index contributed by atoms with van der Waals surface area (Å²) in [6.45, 7) is 0.0491. The number of aromatic nitrogens is 3. The van der Waals surface area contributed by atoms with E-state index in [4.69, 9.17) is 11.5 Å². The molecule has 2 aromatic heterocycles. The molecule has 3 aromatic rings. The van der Waals surface area contributed by atoms with Crippen molar-refractivity contribution in [3.8, 4) is 11.1 Å². The third-order valence-corrected chi connectivity index (χ3v) is 4.06. The number of fused-ring (bicyclic) bond motifs is 1. The van der Waals surface area contributed by atoms with Crippen LogP contribution in [-0.2, 0) is 20.6 Å². The Morgan fingerprint density at radius 2 is 1.75 bits per heavy atom. The zero-order valence-corrected chi connectivity index (χ0v) is 13.2. The van der Waals surface area contributed by atoms with Crippen molar-refractivity contribution in [1.29, 1.82) is 0 Å². The Kier molecular flexibility index (Phi) is 3.69. The lowest BCUT2D eigenvalue weighted by atomic mass is 9.97. The van der Waals surface area contributed by atoms with Crippen LogP contribution in [0.1, 0.15) is 5.56 Å². The number of aryl methyl sites for hydroxylation is 1. The van der Waals surface area contributed by atoms with Gasteiger partial charge in [0, 0.05) is 31.8 Å². The Labute approximate surface area is 136 Å². The van der Waals surface area contributed by atoms with E-state index in [1.165, 1.54) is 42.9 Å². The average molecular weight is 329 g/mol. The maximum absolute atomic E-state index is 13.3. The largest absolute Gasteiger partial charge is 0.383 e. The quantitative estimate of drug-likeness (QED) is 0.711. The Hall–Kier alpha value is -3.00. The molecule has 0 aliphatic carbocycles. The van der Waals surface area contributed by atoms with E-state index in [1.54, 1.807) is 0 Å². The molecule has 3 rings (SSSR count). The topological polar surface area (TPSA) is 109 Å². The lowest BCUT2D eigenvalue weighted by Crippen LogP contribution is -2.38. The summed E-state index contributed by atoms with van der Waals surface area (Å²) in [6, 6.07) is 5.63. The van der Waals surface area contributed by atoms with Gasteiger partial charge in [0.15, 0.2) is 5.65 Å². The SMILES string of the molecule is Cn1c(=O)c2c(-c3ccc(F)cc3)c(CN)c(N)nc2n(C)c1=O. The van der Waals surface area contributed by atoms with Gasteiger partial charge in [-0.25, -0.2) is 14.2 Å². The second kappa shape index (κ2) is 5.57. The molecule has 8 heteroatoms. The number of hydrogen-bond donors (Lipinski definition) is 2. The summed E-state index contributed by atoms with van der Waals surface area (Å²) in [5, 5.41) is 0.223. The molecule has 4 N–H and O–H groups in total. The maximum Gasteiger partial charge on any atom is 0.332 e. The van der Waals surface area contributed by atoms with Crippen LogP contribution in [0.5, 0.6) is 0 Å². The first-order chi connectivity index (χ1) is 11.4. The van der Waals surface area contributed by atoms with Gasteiger partial charge < -0.3 is 11.5 Å². The van der Waals surface area contributed by atoms with Gasteiger partial charge in [-0.2, -0.15) is 0 Å². The van der Waals surface area contributed by atoms with Crippen LogP contribution in [0.15, 0.2) is 33.9 Å². The van der Waals surface area contributed by atoms with Gasteiger partial charge >= 0.3 is 5.69 Å². The Morgan fingerprint density at radius 1 is 1.12 bits per heavy atom. The fourth-order valence-corrected chi connectivity index (χ4v) is 2.79. The van der Waals surface area contributed by atoms with Crippen LogP contribution in [-0.4, -0.2) is 14.1 Å². The van der Waals surface area contributed by atoms with Crippen molar-refractivity contribution in [3.63, 3.8) is 0 Å². The molecule has 0 aliphatic heterocycles. The average Bonchev–Trinajstić information content (AvgIpc) is 2.57. The molecule has 2 heterocycles. The van der Waals surface area contributed by atoms with E-state index in [9.17, 15) is 14.0 Å². The van der Waals surface area contributed by atoms with E-state index in [0.717, 1.165) is 4.57 Å². The molecule has 0 atom stereocenters. The van der Waals surface area contributed by atoms with Crippen molar-refractivity contribution >= 4 is 16.9 Å². The maximum atomic E-state index is 13.3. The zero-order chi connectivity index (χ0) is 17.6. The highest BCUT2D eigenvalue weighted by atomic mass is 19.1. The van der Waals surface area contributed by atoms with Crippen LogP contribution in [0.25, 0.3) is 22.2 Å². The van der Waals surface area contributed by atoms with E-state index in [-0.39, 0.29) is 23.4 Å². The van der Waals surface area contributed by atoms with Crippen molar-refractivity contribution < 1.29 is 4.39 Å². The number of rotatable bonds is 2. The van der Waals surface area contributed by atoms with Crippen molar-refractivity contribution in [1.82, 2.24) is 14.1 Å².